The first-order valence-electron chi connectivity index (χ1n) is 8.81. The van der Waals surface area contributed by atoms with Crippen molar-refractivity contribution in [2.75, 3.05) is 19.8 Å². The van der Waals surface area contributed by atoms with Gasteiger partial charge in [0.05, 0.1) is 25.4 Å². The molecule has 4 nitrogen and oxygen atoms in total. The second kappa shape index (κ2) is 10.2. The Kier molecular flexibility index (Phi) is 7.95. The maximum absolute atomic E-state index is 11.5. The van der Waals surface area contributed by atoms with Crippen molar-refractivity contribution < 1.29 is 19.4 Å². The molecule has 0 unspecified atom stereocenters. The van der Waals surface area contributed by atoms with Crippen LogP contribution in [0.3, 0.4) is 0 Å². The third kappa shape index (κ3) is 6.77. The van der Waals surface area contributed by atoms with E-state index in [1.165, 1.54) is 11.8 Å². The quantitative estimate of drug-likeness (QED) is 0.469. The van der Waals surface area contributed by atoms with Gasteiger partial charge in [-0.1, -0.05) is 49.2 Å². The van der Waals surface area contributed by atoms with E-state index in [-0.39, 0.29) is 11.5 Å². The molecule has 0 aliphatic carbocycles. The molecule has 0 radical (unpaired) electrons. The van der Waals surface area contributed by atoms with Crippen molar-refractivity contribution in [1.29, 1.82) is 0 Å². The van der Waals surface area contributed by atoms with Gasteiger partial charge in [-0.2, -0.15) is 0 Å². The van der Waals surface area contributed by atoms with E-state index in [0.717, 1.165) is 33.8 Å². The maximum atomic E-state index is 11.5. The van der Waals surface area contributed by atoms with Crippen LogP contribution in [-0.4, -0.2) is 30.9 Å². The summed E-state index contributed by atoms with van der Waals surface area (Å²) >= 11 is 1.47. The highest BCUT2D eigenvalue weighted by molar-refractivity contribution is 8.11. The maximum Gasteiger partial charge on any atom is 0.335 e. The van der Waals surface area contributed by atoms with E-state index < -0.39 is 5.97 Å². The molecule has 1 N–H and O–H groups in total. The lowest BCUT2D eigenvalue weighted by Gasteiger charge is -2.17. The van der Waals surface area contributed by atoms with Crippen molar-refractivity contribution in [3.63, 3.8) is 0 Å². The predicted molar refractivity (Wildman–Crippen MR) is 112 cm³/mol. The zero-order valence-corrected chi connectivity index (χ0v) is 16.5. The third-order valence-corrected chi connectivity index (χ3v) is 5.07. The van der Waals surface area contributed by atoms with Crippen LogP contribution in [0.1, 0.15) is 35.7 Å². The Bertz CT molecular complexity index is 764. The van der Waals surface area contributed by atoms with E-state index in [1.807, 2.05) is 19.1 Å². The molecule has 1 fully saturated rings. The zero-order valence-electron chi connectivity index (χ0n) is 15.7. The van der Waals surface area contributed by atoms with Gasteiger partial charge in [-0.05, 0) is 48.4 Å². The first-order valence-corrected chi connectivity index (χ1v) is 9.62. The molecule has 2 rings (SSSR count). The first kappa shape index (κ1) is 21.1. The fourth-order valence-electron chi connectivity index (χ4n) is 2.78. The number of carboxylic acids is 1. The highest BCUT2D eigenvalue weighted by atomic mass is 32.2. The standard InChI is InChI=1S/C22H26O4S/c1-5-6-16(3)27-17(4)19-10-20(22(23)24)12-21(11-19)26-14-18-9-15(2)7-8-25-13-18/h5-6,10-12,18H,1-2,4,7-9,13-14H2,3H3,(H,23,24)/b16-6-/t18-/m0/s1. The topological polar surface area (TPSA) is 55.8 Å². The molecular formula is C22H26O4S. The highest BCUT2D eigenvalue weighted by Crippen LogP contribution is 2.34. The number of benzene rings is 1. The van der Waals surface area contributed by atoms with E-state index in [2.05, 4.69) is 19.7 Å². The molecule has 1 saturated heterocycles. The summed E-state index contributed by atoms with van der Waals surface area (Å²) in [5.74, 6) is -0.261. The number of allylic oxidation sites excluding steroid dienone is 3. The summed E-state index contributed by atoms with van der Waals surface area (Å²) < 4.78 is 11.5. The number of aromatic carboxylic acids is 1. The highest BCUT2D eigenvalue weighted by Gasteiger charge is 2.17. The average molecular weight is 387 g/mol. The third-order valence-electron chi connectivity index (χ3n) is 4.13. The molecule has 27 heavy (non-hydrogen) atoms. The Morgan fingerprint density at radius 1 is 1.41 bits per heavy atom. The Morgan fingerprint density at radius 2 is 2.15 bits per heavy atom. The van der Waals surface area contributed by atoms with Crippen molar-refractivity contribution in [2.24, 2.45) is 5.92 Å². The molecule has 0 amide bonds. The van der Waals surface area contributed by atoms with E-state index in [4.69, 9.17) is 9.47 Å². The number of rotatable bonds is 8. The Labute approximate surface area is 165 Å². The van der Waals surface area contributed by atoms with Gasteiger partial charge in [-0.15, -0.1) is 0 Å². The van der Waals surface area contributed by atoms with Crippen molar-refractivity contribution in [3.05, 3.63) is 71.7 Å². The van der Waals surface area contributed by atoms with Crippen LogP contribution in [0.15, 0.2) is 60.6 Å². The molecule has 1 atom stereocenters. The summed E-state index contributed by atoms with van der Waals surface area (Å²) in [5.41, 5.74) is 2.07. The minimum absolute atomic E-state index is 0.177. The summed E-state index contributed by atoms with van der Waals surface area (Å²) in [7, 11) is 0. The Morgan fingerprint density at radius 3 is 2.85 bits per heavy atom. The molecule has 1 aromatic carbocycles. The molecule has 0 spiro atoms. The minimum Gasteiger partial charge on any atom is -0.493 e. The molecule has 1 aliphatic rings. The molecule has 1 aliphatic heterocycles. The lowest BCUT2D eigenvalue weighted by molar-refractivity contribution is 0.0695. The monoisotopic (exact) mass is 386 g/mol. The molecule has 5 heteroatoms. The van der Waals surface area contributed by atoms with Gasteiger partial charge < -0.3 is 14.6 Å². The number of ether oxygens (including phenoxy) is 2. The van der Waals surface area contributed by atoms with Crippen LogP contribution in [0, 0.1) is 5.92 Å². The fraction of sp³-hybridized carbons (Fsp3) is 0.318. The van der Waals surface area contributed by atoms with Crippen LogP contribution in [0.4, 0.5) is 0 Å². The lowest BCUT2D eigenvalue weighted by Crippen LogP contribution is -2.17. The van der Waals surface area contributed by atoms with Gasteiger partial charge in [0.25, 0.3) is 0 Å². The van der Waals surface area contributed by atoms with Crippen LogP contribution in [0.25, 0.3) is 4.91 Å². The van der Waals surface area contributed by atoms with Crippen molar-refractivity contribution in [3.8, 4) is 5.75 Å². The van der Waals surface area contributed by atoms with Gasteiger partial charge in [0.15, 0.2) is 0 Å². The first-order chi connectivity index (χ1) is 12.9. The summed E-state index contributed by atoms with van der Waals surface area (Å²) in [6.07, 6.45) is 5.33. The van der Waals surface area contributed by atoms with Gasteiger partial charge in [-0.3, -0.25) is 0 Å². The van der Waals surface area contributed by atoms with Crippen molar-refractivity contribution in [1.82, 2.24) is 0 Å². The van der Waals surface area contributed by atoms with Crippen LogP contribution < -0.4 is 4.74 Å². The second-order valence-corrected chi connectivity index (χ2v) is 7.89. The van der Waals surface area contributed by atoms with E-state index >= 15 is 0 Å². The largest absolute Gasteiger partial charge is 0.493 e. The normalized spacial score (nSPS) is 17.9. The van der Waals surface area contributed by atoms with Crippen LogP contribution >= 0.6 is 11.8 Å². The Balaban J connectivity index is 2.15. The summed E-state index contributed by atoms with van der Waals surface area (Å²) in [6, 6.07) is 4.99. The molecule has 144 valence electrons. The molecule has 0 bridgehead atoms. The van der Waals surface area contributed by atoms with Crippen LogP contribution in [0.5, 0.6) is 5.75 Å². The predicted octanol–water partition coefficient (Wildman–Crippen LogP) is 5.54. The van der Waals surface area contributed by atoms with Crippen molar-refractivity contribution >= 4 is 22.6 Å². The summed E-state index contributed by atoms with van der Waals surface area (Å²) in [6.45, 7) is 15.5. The van der Waals surface area contributed by atoms with Crippen molar-refractivity contribution in [2.45, 2.75) is 19.8 Å². The lowest BCUT2D eigenvalue weighted by atomic mass is 10.0. The average Bonchev–Trinajstić information content (AvgIpc) is 2.83. The van der Waals surface area contributed by atoms with Crippen LogP contribution in [0.2, 0.25) is 0 Å². The zero-order chi connectivity index (χ0) is 19.8. The molecule has 1 aromatic rings. The van der Waals surface area contributed by atoms with Gasteiger partial charge in [-0.25, -0.2) is 4.79 Å². The Hall–Kier alpha value is -2.24. The molecular weight excluding hydrogens is 360 g/mol. The van der Waals surface area contributed by atoms with Gasteiger partial charge in [0, 0.05) is 10.8 Å². The fourth-order valence-corrected chi connectivity index (χ4v) is 3.57. The van der Waals surface area contributed by atoms with Gasteiger partial charge >= 0.3 is 5.97 Å². The summed E-state index contributed by atoms with van der Waals surface area (Å²) in [4.78, 5) is 13.3. The minimum atomic E-state index is -0.996. The number of hydrogen-bond donors (Lipinski definition) is 1. The number of carboxylic acid groups (broad SMARTS) is 1. The molecule has 0 saturated carbocycles. The number of hydrogen-bond acceptors (Lipinski definition) is 4. The molecule has 0 aromatic heterocycles. The van der Waals surface area contributed by atoms with Crippen LogP contribution in [-0.2, 0) is 4.74 Å². The van der Waals surface area contributed by atoms with Gasteiger partial charge in [0.2, 0.25) is 0 Å². The second-order valence-electron chi connectivity index (χ2n) is 6.55. The van der Waals surface area contributed by atoms with E-state index in [0.29, 0.717) is 25.6 Å². The SMILES string of the molecule is C=C/C=C(/C)SC(=C)c1cc(OC[C@@H]2COCCC(=C)C2)cc(C(=O)O)c1. The smallest absolute Gasteiger partial charge is 0.335 e. The van der Waals surface area contributed by atoms with E-state index in [9.17, 15) is 9.90 Å². The van der Waals surface area contributed by atoms with E-state index in [1.54, 1.807) is 18.2 Å². The summed E-state index contributed by atoms with van der Waals surface area (Å²) in [5, 5.41) is 9.42. The molecule has 1 heterocycles. The number of thioether (sulfide) groups is 1. The van der Waals surface area contributed by atoms with Gasteiger partial charge in [0.1, 0.15) is 5.75 Å². The number of carbonyl (C=O) groups is 1.